The highest BCUT2D eigenvalue weighted by Gasteiger charge is 2.09. The average molecular weight is 232 g/mol. The van der Waals surface area contributed by atoms with Gasteiger partial charge in [-0.3, -0.25) is 0 Å². The molecule has 2 N–H and O–H groups in total. The van der Waals surface area contributed by atoms with Crippen LogP contribution in [0.1, 0.15) is 5.89 Å². The molecule has 0 spiro atoms. The molecule has 2 aromatic heterocycles. The summed E-state index contributed by atoms with van der Waals surface area (Å²) in [6.45, 7) is 1.82. The van der Waals surface area contributed by atoms with Crippen LogP contribution in [-0.4, -0.2) is 13.7 Å². The lowest BCUT2D eigenvalue weighted by Gasteiger charge is -1.96. The molecule has 5 nitrogen and oxygen atoms in total. The summed E-state index contributed by atoms with van der Waals surface area (Å²) in [5.41, 5.74) is 8.90. The molecule has 0 atom stereocenters. The van der Waals surface area contributed by atoms with E-state index in [4.69, 9.17) is 10.2 Å². The minimum absolute atomic E-state index is 0.449. The third kappa shape index (κ3) is 1.35. The number of anilines is 1. The molecule has 3 aromatic rings. The average Bonchev–Trinajstić information content (AvgIpc) is 2.81. The van der Waals surface area contributed by atoms with E-state index >= 15 is 0 Å². The lowest BCUT2D eigenvalue weighted by atomic mass is 10.1. The van der Waals surface area contributed by atoms with Crippen molar-refractivity contribution >= 4 is 28.6 Å². The highest BCUT2D eigenvalue weighted by Crippen LogP contribution is 2.27. The summed E-state index contributed by atoms with van der Waals surface area (Å²) in [6, 6.07) is 5.67. The first-order valence-corrected chi connectivity index (χ1v) is 5.42. The molecule has 0 aliphatic heterocycles. The Bertz CT molecular complexity index is 658. The van der Waals surface area contributed by atoms with E-state index in [9.17, 15) is 0 Å². The maximum Gasteiger partial charge on any atom is 0.192 e. The van der Waals surface area contributed by atoms with Crippen molar-refractivity contribution in [1.82, 2.24) is 13.7 Å². The number of benzene rings is 1. The Hall–Kier alpha value is -1.95. The fourth-order valence-electron chi connectivity index (χ4n) is 1.59. The monoisotopic (exact) mass is 232 g/mol. The number of nitrogens with two attached hydrogens (primary N) is 1. The van der Waals surface area contributed by atoms with Crippen molar-refractivity contribution in [2.24, 2.45) is 0 Å². The lowest BCUT2D eigenvalue weighted by Crippen LogP contribution is -1.88. The van der Waals surface area contributed by atoms with Gasteiger partial charge in [0.2, 0.25) is 0 Å². The first kappa shape index (κ1) is 9.29. The van der Waals surface area contributed by atoms with Gasteiger partial charge < -0.3 is 10.2 Å². The zero-order valence-corrected chi connectivity index (χ0v) is 9.28. The summed E-state index contributed by atoms with van der Waals surface area (Å²) >= 11 is 1.10. The summed E-state index contributed by atoms with van der Waals surface area (Å²) in [5, 5.41) is 0. The summed E-state index contributed by atoms with van der Waals surface area (Å²) in [5.74, 6) is 1.10. The predicted molar refractivity (Wildman–Crippen MR) is 62.1 cm³/mol. The fraction of sp³-hybridized carbons (Fsp3) is 0.100. The molecule has 0 fully saturated rings. The quantitative estimate of drug-likeness (QED) is 0.696. The number of aryl methyl sites for hydroxylation is 1. The Morgan fingerprint density at radius 3 is 2.94 bits per heavy atom. The van der Waals surface area contributed by atoms with E-state index in [-0.39, 0.29) is 0 Å². The Labute approximate surface area is 95.3 Å². The van der Waals surface area contributed by atoms with Gasteiger partial charge in [-0.25, -0.2) is 4.98 Å². The van der Waals surface area contributed by atoms with Gasteiger partial charge in [0.1, 0.15) is 11.2 Å². The zero-order valence-electron chi connectivity index (χ0n) is 8.47. The van der Waals surface area contributed by atoms with Crippen molar-refractivity contribution in [2.45, 2.75) is 6.92 Å². The normalized spacial score (nSPS) is 11.1. The number of fused-ring (bicyclic) bond motifs is 1. The molecule has 0 bridgehead atoms. The molecule has 0 unspecified atom stereocenters. The van der Waals surface area contributed by atoms with Gasteiger partial charge in [0, 0.05) is 12.5 Å². The van der Waals surface area contributed by atoms with Crippen molar-refractivity contribution in [3.63, 3.8) is 0 Å². The van der Waals surface area contributed by atoms with E-state index in [1.807, 2.05) is 25.1 Å². The molecule has 0 radical (unpaired) electrons. The number of nitrogen functional groups attached to an aromatic ring is 1. The molecule has 16 heavy (non-hydrogen) atoms. The van der Waals surface area contributed by atoms with Gasteiger partial charge in [0.05, 0.1) is 11.7 Å². The van der Waals surface area contributed by atoms with Crippen LogP contribution in [-0.2, 0) is 0 Å². The second kappa shape index (κ2) is 3.28. The van der Waals surface area contributed by atoms with Gasteiger partial charge >= 0.3 is 0 Å². The van der Waals surface area contributed by atoms with Crippen LogP contribution in [0.5, 0.6) is 0 Å². The van der Waals surface area contributed by atoms with Crippen LogP contribution < -0.4 is 5.73 Å². The number of aromatic nitrogens is 3. The first-order valence-electron chi connectivity index (χ1n) is 4.69. The molecule has 0 saturated carbocycles. The molecular formula is C10H8N4OS. The van der Waals surface area contributed by atoms with E-state index in [2.05, 4.69) is 13.7 Å². The molecule has 1 aromatic carbocycles. The zero-order chi connectivity index (χ0) is 11.1. The van der Waals surface area contributed by atoms with Crippen LogP contribution >= 0.6 is 11.7 Å². The highest BCUT2D eigenvalue weighted by atomic mass is 32.1. The minimum atomic E-state index is 0.449. The molecular weight excluding hydrogens is 224 g/mol. The van der Waals surface area contributed by atoms with Crippen LogP contribution in [0.15, 0.2) is 22.6 Å². The summed E-state index contributed by atoms with van der Waals surface area (Å²) in [7, 11) is 0. The SMILES string of the molecule is Cc1nc2cc(-c3nsnc3N)ccc2o1. The molecule has 0 aliphatic rings. The maximum atomic E-state index is 5.71. The lowest BCUT2D eigenvalue weighted by molar-refractivity contribution is 0.561. The summed E-state index contributed by atoms with van der Waals surface area (Å²) < 4.78 is 13.5. The van der Waals surface area contributed by atoms with Crippen LogP contribution in [0.3, 0.4) is 0 Å². The third-order valence-electron chi connectivity index (χ3n) is 2.28. The standard InChI is InChI=1S/C10H8N4OS/c1-5-12-7-4-6(2-3-8(7)15-5)9-10(11)14-16-13-9/h2-4H,1H3,(H2,11,14). The molecule has 3 rings (SSSR count). The van der Waals surface area contributed by atoms with Crippen molar-refractivity contribution in [1.29, 1.82) is 0 Å². The van der Waals surface area contributed by atoms with Crippen molar-refractivity contribution in [3.05, 3.63) is 24.1 Å². The van der Waals surface area contributed by atoms with Gasteiger partial charge in [-0.2, -0.15) is 8.75 Å². The molecule has 80 valence electrons. The van der Waals surface area contributed by atoms with Crippen molar-refractivity contribution < 1.29 is 4.42 Å². The van der Waals surface area contributed by atoms with Crippen LogP contribution in [0.4, 0.5) is 5.82 Å². The number of hydrogen-bond donors (Lipinski definition) is 1. The molecule has 0 aliphatic carbocycles. The van der Waals surface area contributed by atoms with Crippen LogP contribution in [0.25, 0.3) is 22.4 Å². The van der Waals surface area contributed by atoms with E-state index in [1.54, 1.807) is 0 Å². The van der Waals surface area contributed by atoms with Gasteiger partial charge in [-0.1, -0.05) is 0 Å². The molecule has 0 saturated heterocycles. The molecule has 2 heterocycles. The number of hydrogen-bond acceptors (Lipinski definition) is 6. The van der Waals surface area contributed by atoms with E-state index in [0.717, 1.165) is 28.4 Å². The van der Waals surface area contributed by atoms with Crippen molar-refractivity contribution in [2.75, 3.05) is 5.73 Å². The van der Waals surface area contributed by atoms with Crippen LogP contribution in [0.2, 0.25) is 0 Å². The Morgan fingerprint density at radius 2 is 2.19 bits per heavy atom. The number of rotatable bonds is 1. The van der Waals surface area contributed by atoms with Crippen LogP contribution in [0, 0.1) is 6.92 Å². The third-order valence-corrected chi connectivity index (χ3v) is 2.82. The smallest absolute Gasteiger partial charge is 0.192 e. The molecule has 6 heteroatoms. The Kier molecular flexibility index (Phi) is 1.90. The number of nitrogens with zero attached hydrogens (tertiary/aromatic N) is 3. The van der Waals surface area contributed by atoms with Gasteiger partial charge in [0.15, 0.2) is 17.3 Å². The van der Waals surface area contributed by atoms with Gasteiger partial charge in [0.25, 0.3) is 0 Å². The predicted octanol–water partition coefficient (Wildman–Crippen LogP) is 2.24. The molecule has 0 amide bonds. The van der Waals surface area contributed by atoms with Gasteiger partial charge in [-0.15, -0.1) is 0 Å². The maximum absolute atomic E-state index is 5.71. The minimum Gasteiger partial charge on any atom is -0.441 e. The Morgan fingerprint density at radius 1 is 1.31 bits per heavy atom. The van der Waals surface area contributed by atoms with E-state index in [1.165, 1.54) is 0 Å². The largest absolute Gasteiger partial charge is 0.441 e. The second-order valence-corrected chi connectivity index (χ2v) is 3.94. The van der Waals surface area contributed by atoms with E-state index < -0.39 is 0 Å². The second-order valence-electron chi connectivity index (χ2n) is 3.41. The van der Waals surface area contributed by atoms with Crippen molar-refractivity contribution in [3.8, 4) is 11.3 Å². The Balaban J connectivity index is 2.22. The summed E-state index contributed by atoms with van der Waals surface area (Å²) in [4.78, 5) is 4.26. The van der Waals surface area contributed by atoms with Gasteiger partial charge in [-0.05, 0) is 18.2 Å². The topological polar surface area (TPSA) is 77.8 Å². The first-order chi connectivity index (χ1) is 7.74. The number of oxazole rings is 1. The fourth-order valence-corrected chi connectivity index (χ4v) is 2.08. The highest BCUT2D eigenvalue weighted by molar-refractivity contribution is 6.99. The summed E-state index contributed by atoms with van der Waals surface area (Å²) in [6.07, 6.45) is 0. The van der Waals surface area contributed by atoms with E-state index in [0.29, 0.717) is 17.4 Å².